The number of aliphatic hydroxyl groups is 1. The molecular formula is C9H13N3O3. The molecule has 0 saturated carbocycles. The van der Waals surface area contributed by atoms with Crippen molar-refractivity contribution in [2.75, 3.05) is 18.5 Å². The number of nitrogens with one attached hydrogen (secondary N) is 1. The molecule has 15 heavy (non-hydrogen) atoms. The fourth-order valence-corrected chi connectivity index (χ4v) is 0.898. The van der Waals surface area contributed by atoms with Crippen molar-refractivity contribution in [3.8, 4) is 0 Å². The van der Waals surface area contributed by atoms with Crippen molar-refractivity contribution >= 4 is 11.8 Å². The molecule has 0 aliphatic carbocycles. The summed E-state index contributed by atoms with van der Waals surface area (Å²) >= 11 is 0. The number of aromatic nitrogens is 2. The lowest BCUT2D eigenvalue weighted by molar-refractivity contribution is 0.0690. The summed E-state index contributed by atoms with van der Waals surface area (Å²) in [5, 5.41) is 20.3. The molecule has 1 aromatic rings. The molecule has 0 aromatic carbocycles. The SMILES string of the molecule is CC(CO)CNc1cncc(C(=O)O)n1. The highest BCUT2D eigenvalue weighted by Crippen LogP contribution is 2.03. The highest BCUT2D eigenvalue weighted by Gasteiger charge is 2.06. The Labute approximate surface area is 87.0 Å². The van der Waals surface area contributed by atoms with Crippen LogP contribution < -0.4 is 5.32 Å². The minimum absolute atomic E-state index is 0.0685. The average Bonchev–Trinajstić information content (AvgIpc) is 2.26. The Balaban J connectivity index is 2.62. The molecule has 82 valence electrons. The molecule has 6 nitrogen and oxygen atoms in total. The summed E-state index contributed by atoms with van der Waals surface area (Å²) in [7, 11) is 0. The van der Waals surface area contributed by atoms with Crippen molar-refractivity contribution in [2.24, 2.45) is 5.92 Å². The van der Waals surface area contributed by atoms with E-state index in [2.05, 4.69) is 15.3 Å². The van der Waals surface area contributed by atoms with Crippen LogP contribution in [0.1, 0.15) is 17.4 Å². The van der Waals surface area contributed by atoms with Crippen LogP contribution in [-0.2, 0) is 0 Å². The van der Waals surface area contributed by atoms with Gasteiger partial charge in [-0.25, -0.2) is 9.78 Å². The van der Waals surface area contributed by atoms with E-state index >= 15 is 0 Å². The topological polar surface area (TPSA) is 95.3 Å². The van der Waals surface area contributed by atoms with Gasteiger partial charge in [0.15, 0.2) is 5.69 Å². The van der Waals surface area contributed by atoms with Gasteiger partial charge in [-0.05, 0) is 5.92 Å². The lowest BCUT2D eigenvalue weighted by Crippen LogP contribution is -2.16. The molecular weight excluding hydrogens is 198 g/mol. The maximum atomic E-state index is 10.6. The van der Waals surface area contributed by atoms with Crippen LogP contribution in [0.15, 0.2) is 12.4 Å². The molecule has 1 aromatic heterocycles. The van der Waals surface area contributed by atoms with Crippen LogP contribution in [0.2, 0.25) is 0 Å². The number of rotatable bonds is 5. The van der Waals surface area contributed by atoms with Crippen LogP contribution in [0.3, 0.4) is 0 Å². The highest BCUT2D eigenvalue weighted by molar-refractivity contribution is 5.85. The fourth-order valence-electron chi connectivity index (χ4n) is 0.898. The molecule has 0 saturated heterocycles. The van der Waals surface area contributed by atoms with Gasteiger partial charge in [0.25, 0.3) is 0 Å². The number of carboxylic acids is 1. The largest absolute Gasteiger partial charge is 0.476 e. The van der Waals surface area contributed by atoms with E-state index in [-0.39, 0.29) is 18.2 Å². The predicted molar refractivity (Wildman–Crippen MR) is 53.7 cm³/mol. The summed E-state index contributed by atoms with van der Waals surface area (Å²) in [5.41, 5.74) is -0.100. The molecule has 0 spiro atoms. The average molecular weight is 211 g/mol. The van der Waals surface area contributed by atoms with Crippen molar-refractivity contribution in [1.82, 2.24) is 9.97 Å². The van der Waals surface area contributed by atoms with Gasteiger partial charge in [0.2, 0.25) is 0 Å². The van der Waals surface area contributed by atoms with Crippen LogP contribution in [0.5, 0.6) is 0 Å². The molecule has 1 heterocycles. The molecule has 0 radical (unpaired) electrons. The Bertz CT molecular complexity index is 343. The third-order valence-electron chi connectivity index (χ3n) is 1.80. The van der Waals surface area contributed by atoms with Crippen LogP contribution in [0.4, 0.5) is 5.82 Å². The Hall–Kier alpha value is -1.69. The van der Waals surface area contributed by atoms with Gasteiger partial charge in [-0.15, -0.1) is 0 Å². The number of aromatic carboxylic acids is 1. The van der Waals surface area contributed by atoms with Gasteiger partial charge >= 0.3 is 5.97 Å². The van der Waals surface area contributed by atoms with E-state index in [1.807, 2.05) is 6.92 Å². The third-order valence-corrected chi connectivity index (χ3v) is 1.80. The van der Waals surface area contributed by atoms with Crippen molar-refractivity contribution in [3.05, 3.63) is 18.1 Å². The minimum atomic E-state index is -1.11. The van der Waals surface area contributed by atoms with Gasteiger partial charge in [-0.3, -0.25) is 4.98 Å². The quantitative estimate of drug-likeness (QED) is 0.644. The first-order valence-corrected chi connectivity index (χ1v) is 4.53. The minimum Gasteiger partial charge on any atom is -0.476 e. The second kappa shape index (κ2) is 5.26. The van der Waals surface area contributed by atoms with Crippen molar-refractivity contribution < 1.29 is 15.0 Å². The number of hydrogen-bond donors (Lipinski definition) is 3. The van der Waals surface area contributed by atoms with E-state index < -0.39 is 5.97 Å². The summed E-state index contributed by atoms with van der Waals surface area (Å²) in [6.45, 7) is 2.45. The zero-order valence-corrected chi connectivity index (χ0v) is 8.34. The van der Waals surface area contributed by atoms with Crippen LogP contribution >= 0.6 is 0 Å². The van der Waals surface area contributed by atoms with Crippen molar-refractivity contribution in [3.63, 3.8) is 0 Å². The maximum absolute atomic E-state index is 10.6. The molecule has 0 amide bonds. The van der Waals surface area contributed by atoms with Gasteiger partial charge in [-0.2, -0.15) is 0 Å². The Morgan fingerprint density at radius 2 is 2.33 bits per heavy atom. The van der Waals surface area contributed by atoms with E-state index in [1.165, 1.54) is 12.4 Å². The number of aliphatic hydroxyl groups excluding tert-OH is 1. The van der Waals surface area contributed by atoms with Crippen molar-refractivity contribution in [2.45, 2.75) is 6.92 Å². The number of carboxylic acid groups (broad SMARTS) is 1. The second-order valence-electron chi connectivity index (χ2n) is 3.26. The van der Waals surface area contributed by atoms with E-state index in [0.29, 0.717) is 12.4 Å². The monoisotopic (exact) mass is 211 g/mol. The van der Waals surface area contributed by atoms with Gasteiger partial charge < -0.3 is 15.5 Å². The molecule has 0 bridgehead atoms. The smallest absolute Gasteiger partial charge is 0.356 e. The van der Waals surface area contributed by atoms with Crippen LogP contribution in [0.25, 0.3) is 0 Å². The van der Waals surface area contributed by atoms with Gasteiger partial charge in [0.05, 0.1) is 12.4 Å². The number of carbonyl (C=O) groups is 1. The molecule has 1 unspecified atom stereocenters. The van der Waals surface area contributed by atoms with Gasteiger partial charge in [0, 0.05) is 13.2 Å². The molecule has 0 aliphatic heterocycles. The standard InChI is InChI=1S/C9H13N3O3/c1-6(5-13)2-11-8-4-10-3-7(12-8)9(14)15/h3-4,6,13H,2,5H2,1H3,(H,11,12)(H,14,15). The Morgan fingerprint density at radius 3 is 2.93 bits per heavy atom. The summed E-state index contributed by atoms with van der Waals surface area (Å²) in [6.07, 6.45) is 2.62. The van der Waals surface area contributed by atoms with Gasteiger partial charge in [0.1, 0.15) is 5.82 Å². The van der Waals surface area contributed by atoms with E-state index in [4.69, 9.17) is 10.2 Å². The molecule has 1 rings (SSSR count). The number of anilines is 1. The molecule has 0 aliphatic rings. The van der Waals surface area contributed by atoms with Crippen molar-refractivity contribution in [1.29, 1.82) is 0 Å². The van der Waals surface area contributed by atoms with Crippen LogP contribution in [-0.4, -0.2) is 39.3 Å². The zero-order chi connectivity index (χ0) is 11.3. The summed E-state index contributed by atoms with van der Waals surface area (Å²) in [6, 6.07) is 0. The summed E-state index contributed by atoms with van der Waals surface area (Å²) in [5.74, 6) is -0.628. The first-order chi connectivity index (χ1) is 7.13. The van der Waals surface area contributed by atoms with E-state index in [1.54, 1.807) is 0 Å². The van der Waals surface area contributed by atoms with Gasteiger partial charge in [-0.1, -0.05) is 6.92 Å². The Kier molecular flexibility index (Phi) is 3.99. The summed E-state index contributed by atoms with van der Waals surface area (Å²) in [4.78, 5) is 18.1. The predicted octanol–water partition coefficient (Wildman–Crippen LogP) is 0.215. The normalized spacial score (nSPS) is 12.1. The van der Waals surface area contributed by atoms with E-state index in [9.17, 15) is 4.79 Å². The third kappa shape index (κ3) is 3.51. The highest BCUT2D eigenvalue weighted by atomic mass is 16.4. The molecule has 3 N–H and O–H groups in total. The zero-order valence-electron chi connectivity index (χ0n) is 8.34. The first-order valence-electron chi connectivity index (χ1n) is 4.53. The Morgan fingerprint density at radius 1 is 1.60 bits per heavy atom. The summed E-state index contributed by atoms with van der Waals surface area (Å²) < 4.78 is 0. The van der Waals surface area contributed by atoms with E-state index in [0.717, 1.165) is 0 Å². The maximum Gasteiger partial charge on any atom is 0.356 e. The molecule has 1 atom stereocenters. The second-order valence-corrected chi connectivity index (χ2v) is 3.26. The number of hydrogen-bond acceptors (Lipinski definition) is 5. The number of nitrogens with zero attached hydrogens (tertiary/aromatic N) is 2. The van der Waals surface area contributed by atoms with Crippen LogP contribution in [0, 0.1) is 5.92 Å². The molecule has 0 fully saturated rings. The molecule has 6 heteroatoms. The first kappa shape index (κ1) is 11.4. The fraction of sp³-hybridized carbons (Fsp3) is 0.444. The lowest BCUT2D eigenvalue weighted by Gasteiger charge is -2.09. The lowest BCUT2D eigenvalue weighted by atomic mass is 10.2.